The molecule has 3 amide bonds. The average molecular weight is 592 g/mol. The third-order valence-electron chi connectivity index (χ3n) is 6.99. The molecule has 0 spiro atoms. The Kier molecular flexibility index (Phi) is 8.59. The van der Waals surface area contributed by atoms with Gasteiger partial charge in [0.2, 0.25) is 0 Å². The van der Waals surface area contributed by atoms with E-state index in [1.807, 2.05) is 20.8 Å². The number of urea groups is 1. The summed E-state index contributed by atoms with van der Waals surface area (Å²) in [4.78, 5) is 30.6. The molecule has 0 atom stereocenters. The van der Waals surface area contributed by atoms with Crippen LogP contribution in [0.1, 0.15) is 52.0 Å². The molecule has 1 aliphatic carbocycles. The molecule has 42 heavy (non-hydrogen) atoms. The number of carbonyl (C=O) groups excluding carboxylic acids is 2. The van der Waals surface area contributed by atoms with Crippen molar-refractivity contribution in [3.8, 4) is 23.3 Å². The van der Waals surface area contributed by atoms with E-state index in [4.69, 9.17) is 25.8 Å². The Bertz CT molecular complexity index is 1520. The van der Waals surface area contributed by atoms with Gasteiger partial charge in [0.25, 0.3) is 0 Å². The Morgan fingerprint density at radius 1 is 1.10 bits per heavy atom. The minimum Gasteiger partial charge on any atom is -0.492 e. The number of hydrogen-bond acceptors (Lipinski definition) is 7. The van der Waals surface area contributed by atoms with Crippen molar-refractivity contribution in [1.29, 1.82) is 5.26 Å². The number of aromatic nitrogens is 1. The van der Waals surface area contributed by atoms with E-state index in [2.05, 4.69) is 21.7 Å². The van der Waals surface area contributed by atoms with Gasteiger partial charge < -0.3 is 29.7 Å². The number of nitrogens with zero attached hydrogens (tertiary/aromatic N) is 3. The summed E-state index contributed by atoms with van der Waals surface area (Å²) in [6, 6.07) is 12.3. The Balaban J connectivity index is 1.23. The second-order valence-electron chi connectivity index (χ2n) is 11.6. The highest BCUT2D eigenvalue weighted by Crippen LogP contribution is 2.35. The molecule has 0 unspecified atom stereocenters. The molecule has 220 valence electrons. The molecule has 0 bridgehead atoms. The Morgan fingerprint density at radius 2 is 1.86 bits per heavy atom. The van der Waals surface area contributed by atoms with Crippen molar-refractivity contribution >= 4 is 40.3 Å². The number of nitrogens with one attached hydrogen (secondary N) is 2. The second kappa shape index (κ2) is 12.3. The highest BCUT2D eigenvalue weighted by atomic mass is 35.5. The molecule has 1 aliphatic heterocycles. The van der Waals surface area contributed by atoms with Gasteiger partial charge in [-0.1, -0.05) is 11.6 Å². The van der Waals surface area contributed by atoms with Gasteiger partial charge in [-0.25, -0.2) is 9.59 Å². The fraction of sp³-hybridized carbons (Fsp3) is 0.419. The van der Waals surface area contributed by atoms with Crippen LogP contribution in [-0.2, 0) is 4.74 Å². The van der Waals surface area contributed by atoms with Crippen LogP contribution in [0.4, 0.5) is 15.3 Å². The molecule has 5 rings (SSSR count). The Morgan fingerprint density at radius 3 is 2.52 bits per heavy atom. The number of amides is 3. The molecule has 1 saturated heterocycles. The van der Waals surface area contributed by atoms with E-state index in [9.17, 15) is 14.9 Å². The number of likely N-dealkylation sites (tertiary alicyclic amines) is 1. The maximum absolute atomic E-state index is 12.3. The lowest BCUT2D eigenvalue weighted by Gasteiger charge is -2.33. The normalized spacial score (nSPS) is 15.5. The average Bonchev–Trinajstić information content (AvgIpc) is 3.76. The van der Waals surface area contributed by atoms with Crippen LogP contribution in [0.15, 0.2) is 42.6 Å². The van der Waals surface area contributed by atoms with Crippen molar-refractivity contribution in [2.75, 3.05) is 25.0 Å². The number of halogens is 1. The maximum Gasteiger partial charge on any atom is 0.410 e. The van der Waals surface area contributed by atoms with Crippen LogP contribution in [-0.4, -0.2) is 53.3 Å². The molecule has 0 radical (unpaired) electrons. The Labute approximate surface area is 249 Å². The van der Waals surface area contributed by atoms with Crippen molar-refractivity contribution in [1.82, 2.24) is 15.2 Å². The van der Waals surface area contributed by atoms with Crippen molar-refractivity contribution in [3.63, 3.8) is 0 Å². The predicted octanol–water partition coefficient (Wildman–Crippen LogP) is 6.86. The van der Waals surface area contributed by atoms with Gasteiger partial charge in [0.05, 0.1) is 28.4 Å². The van der Waals surface area contributed by atoms with E-state index in [1.54, 1.807) is 47.5 Å². The summed E-state index contributed by atoms with van der Waals surface area (Å²) in [5, 5.41) is 16.5. The first-order chi connectivity index (χ1) is 20.1. The molecule has 2 aromatic carbocycles. The first kappa shape index (κ1) is 29.3. The second-order valence-corrected chi connectivity index (χ2v) is 12.0. The van der Waals surface area contributed by atoms with Crippen molar-refractivity contribution in [2.45, 2.75) is 58.1 Å². The minimum atomic E-state index is -0.525. The lowest BCUT2D eigenvalue weighted by Crippen LogP contribution is -2.42. The molecule has 2 fully saturated rings. The van der Waals surface area contributed by atoms with Gasteiger partial charge in [0, 0.05) is 42.8 Å². The van der Waals surface area contributed by atoms with Crippen LogP contribution in [0, 0.1) is 17.2 Å². The van der Waals surface area contributed by atoms with E-state index in [1.165, 1.54) is 0 Å². The molecule has 2 aliphatic rings. The lowest BCUT2D eigenvalue weighted by atomic mass is 9.98. The largest absolute Gasteiger partial charge is 0.492 e. The number of pyridine rings is 1. The summed E-state index contributed by atoms with van der Waals surface area (Å²) in [6.45, 7) is 7.20. The zero-order valence-corrected chi connectivity index (χ0v) is 24.7. The topological polar surface area (TPSA) is 126 Å². The van der Waals surface area contributed by atoms with Gasteiger partial charge in [-0.15, -0.1) is 0 Å². The fourth-order valence-electron chi connectivity index (χ4n) is 4.62. The van der Waals surface area contributed by atoms with E-state index in [-0.39, 0.29) is 24.1 Å². The van der Waals surface area contributed by atoms with E-state index in [0.29, 0.717) is 64.1 Å². The van der Waals surface area contributed by atoms with Gasteiger partial charge in [0.1, 0.15) is 28.9 Å². The third kappa shape index (κ3) is 7.53. The molecule has 1 aromatic heterocycles. The highest BCUT2D eigenvalue weighted by Gasteiger charge is 2.27. The zero-order chi connectivity index (χ0) is 29.9. The number of ether oxygens (including phenoxy) is 3. The van der Waals surface area contributed by atoms with Crippen LogP contribution in [0.2, 0.25) is 5.02 Å². The number of benzene rings is 2. The summed E-state index contributed by atoms with van der Waals surface area (Å²) in [6.07, 6.45) is 4.88. The SMILES string of the molecule is CC(C)(C)OC(=O)N1CCC(COc2cc3nccc(Oc4ccc(NC(=O)NC5CC5)c(Cl)c4)c3cc2C#N)CC1. The summed E-state index contributed by atoms with van der Waals surface area (Å²) >= 11 is 6.41. The van der Waals surface area contributed by atoms with Gasteiger partial charge >= 0.3 is 12.1 Å². The number of anilines is 1. The number of fused-ring (bicyclic) bond motifs is 1. The predicted molar refractivity (Wildman–Crippen MR) is 159 cm³/mol. The van der Waals surface area contributed by atoms with Crippen molar-refractivity contribution in [2.24, 2.45) is 5.92 Å². The third-order valence-corrected chi connectivity index (χ3v) is 7.31. The van der Waals surface area contributed by atoms with Crippen LogP contribution in [0.5, 0.6) is 17.2 Å². The smallest absolute Gasteiger partial charge is 0.410 e. The number of carbonyl (C=O) groups is 2. The summed E-state index contributed by atoms with van der Waals surface area (Å²) in [5.74, 6) is 1.67. The van der Waals surface area contributed by atoms with Gasteiger partial charge in [-0.05, 0) is 76.6 Å². The first-order valence-electron chi connectivity index (χ1n) is 14.1. The molecule has 10 nitrogen and oxygen atoms in total. The maximum atomic E-state index is 12.3. The van der Waals surface area contributed by atoms with Gasteiger partial charge in [-0.3, -0.25) is 4.98 Å². The molecule has 11 heteroatoms. The van der Waals surface area contributed by atoms with E-state index in [0.717, 1.165) is 25.7 Å². The first-order valence-corrected chi connectivity index (χ1v) is 14.4. The molecule has 2 heterocycles. The molecular formula is C31H34ClN5O5. The van der Waals surface area contributed by atoms with Gasteiger partial charge in [0.15, 0.2) is 0 Å². The lowest BCUT2D eigenvalue weighted by molar-refractivity contribution is 0.0165. The summed E-state index contributed by atoms with van der Waals surface area (Å²) in [7, 11) is 0. The van der Waals surface area contributed by atoms with Crippen LogP contribution in [0.3, 0.4) is 0 Å². The van der Waals surface area contributed by atoms with Crippen LogP contribution < -0.4 is 20.1 Å². The highest BCUT2D eigenvalue weighted by molar-refractivity contribution is 6.33. The summed E-state index contributed by atoms with van der Waals surface area (Å²) in [5.41, 5.74) is 0.933. The molecule has 3 aromatic rings. The monoisotopic (exact) mass is 591 g/mol. The minimum absolute atomic E-state index is 0.236. The quantitative estimate of drug-likeness (QED) is 0.307. The number of hydrogen-bond donors (Lipinski definition) is 2. The van der Waals surface area contributed by atoms with Crippen LogP contribution >= 0.6 is 11.6 Å². The van der Waals surface area contributed by atoms with Crippen LogP contribution in [0.25, 0.3) is 10.9 Å². The number of rotatable bonds is 7. The molecule has 1 saturated carbocycles. The van der Waals surface area contributed by atoms with Crippen molar-refractivity contribution < 1.29 is 23.8 Å². The van der Waals surface area contributed by atoms with E-state index < -0.39 is 5.60 Å². The molecular weight excluding hydrogens is 558 g/mol. The fourth-order valence-corrected chi connectivity index (χ4v) is 4.84. The summed E-state index contributed by atoms with van der Waals surface area (Å²) < 4.78 is 17.7. The van der Waals surface area contributed by atoms with Crippen molar-refractivity contribution in [3.05, 3.63) is 53.2 Å². The van der Waals surface area contributed by atoms with Gasteiger partial charge in [-0.2, -0.15) is 5.26 Å². The Hall–Kier alpha value is -4.23. The number of piperidine rings is 1. The standard InChI is InChI=1S/C31H34ClN5O5/c1-31(2,3)42-30(39)37-12-9-19(10-13-37)18-40-28-16-26-23(14-20(28)17-33)27(8-11-34-26)41-22-6-7-25(24(32)15-22)36-29(38)35-21-4-5-21/h6-8,11,14-16,19,21H,4-5,9-10,12-13,18H2,1-3H3,(H2,35,36,38). The number of nitriles is 1. The van der Waals surface area contributed by atoms with E-state index >= 15 is 0 Å². The zero-order valence-electron chi connectivity index (χ0n) is 23.9. The molecule has 2 N–H and O–H groups in total.